The number of hydrogen-bond acceptors (Lipinski definition) is 8. The van der Waals surface area contributed by atoms with E-state index in [1.165, 1.54) is 31.9 Å². The number of aromatic nitrogens is 1. The average Bonchev–Trinajstić information content (AvgIpc) is 3.04. The number of carboxylic acids is 1. The molecule has 0 saturated carbocycles. The van der Waals surface area contributed by atoms with Gasteiger partial charge in [0.2, 0.25) is 9.70 Å². The van der Waals surface area contributed by atoms with Crippen molar-refractivity contribution in [2.24, 2.45) is 11.3 Å². The lowest BCUT2D eigenvalue weighted by Crippen LogP contribution is -2.63. The van der Waals surface area contributed by atoms with Gasteiger partial charge in [0, 0.05) is 30.0 Å². The Bertz CT molecular complexity index is 1580. The van der Waals surface area contributed by atoms with Crippen LogP contribution in [-0.2, 0) is 30.3 Å². The van der Waals surface area contributed by atoms with Crippen LogP contribution in [0.2, 0.25) is 0 Å². The van der Waals surface area contributed by atoms with Crippen molar-refractivity contribution >= 4 is 75.5 Å². The molecule has 1 aliphatic rings. The molecular weight excluding hydrogens is 750 g/mol. The standard InChI is InChI=1S/C33H43Cl3F3N5O4.C2H4O2/c1-7-23-13-12-22-11-10-21(17-25(22)41-23)14-15-31(5,6)30(33(37,38)39)42-26(19(2)3)27(45)40-20(4)28(46)44-16-8-9-24(43-44)29(47)48-18-32(34,35)36;1-2(3)4/h10-15,17,19-20,24,26,30,42-43H,7-9,16,18H2,1-6H3,(H,40,45);1H3,(H,3,4)/b15-14+;. The molecule has 0 aliphatic carbocycles. The number of halogens is 6. The number of rotatable bonds is 12. The molecule has 4 atom stereocenters. The molecule has 3 rings (SSSR count). The predicted octanol–water partition coefficient (Wildman–Crippen LogP) is 6.39. The summed E-state index contributed by atoms with van der Waals surface area (Å²) < 4.78 is 47.0. The molecule has 1 fully saturated rings. The number of nitrogens with one attached hydrogen (secondary N) is 3. The van der Waals surface area contributed by atoms with E-state index in [4.69, 9.17) is 49.4 Å². The van der Waals surface area contributed by atoms with Crippen LogP contribution in [0.15, 0.2) is 36.4 Å². The van der Waals surface area contributed by atoms with E-state index in [-0.39, 0.29) is 6.54 Å². The second-order valence-corrected chi connectivity index (χ2v) is 15.9. The highest BCUT2D eigenvalue weighted by molar-refractivity contribution is 6.67. The summed E-state index contributed by atoms with van der Waals surface area (Å²) in [5.41, 5.74) is 3.62. The summed E-state index contributed by atoms with van der Waals surface area (Å²) in [6, 6.07) is 3.97. The molecule has 1 saturated heterocycles. The fourth-order valence-corrected chi connectivity index (χ4v) is 5.50. The topological polar surface area (TPSA) is 150 Å². The number of hydrogen-bond donors (Lipinski definition) is 4. The van der Waals surface area contributed by atoms with E-state index >= 15 is 0 Å². The Morgan fingerprint density at radius 1 is 1.12 bits per heavy atom. The van der Waals surface area contributed by atoms with E-state index in [2.05, 4.69) is 21.0 Å². The van der Waals surface area contributed by atoms with Crippen LogP contribution in [0.3, 0.4) is 0 Å². The zero-order valence-electron chi connectivity index (χ0n) is 30.1. The summed E-state index contributed by atoms with van der Waals surface area (Å²) in [7, 11) is 0. The highest BCUT2D eigenvalue weighted by Crippen LogP contribution is 2.36. The van der Waals surface area contributed by atoms with Crippen LogP contribution in [0.1, 0.15) is 72.6 Å². The van der Waals surface area contributed by atoms with Crippen molar-refractivity contribution in [1.29, 1.82) is 0 Å². The van der Waals surface area contributed by atoms with Crippen molar-refractivity contribution in [2.75, 3.05) is 13.2 Å². The Hall–Kier alpha value is -3.17. The molecule has 0 spiro atoms. The molecule has 2 heterocycles. The first-order chi connectivity index (χ1) is 23.9. The molecule has 17 heteroatoms. The normalized spacial score (nSPS) is 17.3. The Morgan fingerprint density at radius 3 is 2.29 bits per heavy atom. The number of ether oxygens (including phenoxy) is 1. The van der Waals surface area contributed by atoms with Gasteiger partial charge in [0.1, 0.15) is 24.7 Å². The molecule has 1 aromatic carbocycles. The first-order valence-electron chi connectivity index (χ1n) is 16.7. The largest absolute Gasteiger partial charge is 0.481 e. The molecule has 4 N–H and O–H groups in total. The maximum Gasteiger partial charge on any atom is 0.404 e. The number of hydrazine groups is 1. The number of carboxylic acid groups (broad SMARTS) is 1. The molecule has 52 heavy (non-hydrogen) atoms. The third-order valence-corrected chi connectivity index (χ3v) is 8.38. The molecule has 0 bridgehead atoms. The highest BCUT2D eigenvalue weighted by Gasteiger charge is 2.50. The average molecular weight is 797 g/mol. The molecule has 0 radical (unpaired) electrons. The van der Waals surface area contributed by atoms with Gasteiger partial charge in [0.15, 0.2) is 0 Å². The monoisotopic (exact) mass is 795 g/mol. The van der Waals surface area contributed by atoms with Gasteiger partial charge in [-0.3, -0.25) is 34.5 Å². The number of esters is 1. The Balaban J connectivity index is 0.00000222. The van der Waals surface area contributed by atoms with Gasteiger partial charge >= 0.3 is 12.1 Å². The Morgan fingerprint density at radius 2 is 1.73 bits per heavy atom. The van der Waals surface area contributed by atoms with Crippen molar-refractivity contribution in [1.82, 2.24) is 26.1 Å². The van der Waals surface area contributed by atoms with E-state index in [1.807, 2.05) is 37.3 Å². The van der Waals surface area contributed by atoms with Gasteiger partial charge in [-0.1, -0.05) is 99.8 Å². The third-order valence-electron chi connectivity index (χ3n) is 8.05. The van der Waals surface area contributed by atoms with Crippen LogP contribution in [0.25, 0.3) is 17.0 Å². The number of carbonyl (C=O) groups excluding carboxylic acids is 3. The summed E-state index contributed by atoms with van der Waals surface area (Å²) in [6.07, 6.45) is -0.0796. The molecular formula is C35H47Cl3F3N5O6. The van der Waals surface area contributed by atoms with Crippen molar-refractivity contribution in [3.05, 3.63) is 47.7 Å². The second kappa shape index (κ2) is 19.2. The molecule has 4 unspecified atom stereocenters. The van der Waals surface area contributed by atoms with Gasteiger partial charge < -0.3 is 15.2 Å². The van der Waals surface area contributed by atoms with Crippen molar-refractivity contribution in [2.45, 2.75) is 102 Å². The molecule has 1 aromatic heterocycles. The number of fused-ring (bicyclic) bond motifs is 1. The van der Waals surface area contributed by atoms with Crippen LogP contribution in [0, 0.1) is 11.3 Å². The van der Waals surface area contributed by atoms with Crippen molar-refractivity contribution < 1.29 is 42.2 Å². The highest BCUT2D eigenvalue weighted by atomic mass is 35.6. The number of benzene rings is 1. The van der Waals surface area contributed by atoms with Crippen LogP contribution in [0.4, 0.5) is 13.2 Å². The van der Waals surface area contributed by atoms with E-state index in [1.54, 1.807) is 19.9 Å². The smallest absolute Gasteiger partial charge is 0.404 e. The van der Waals surface area contributed by atoms with Crippen LogP contribution < -0.4 is 16.1 Å². The van der Waals surface area contributed by atoms with Gasteiger partial charge in [-0.25, -0.2) is 5.43 Å². The van der Waals surface area contributed by atoms with Crippen molar-refractivity contribution in [3.8, 4) is 0 Å². The quantitative estimate of drug-likeness (QED) is 0.142. The van der Waals surface area contributed by atoms with Gasteiger partial charge in [-0.2, -0.15) is 13.2 Å². The summed E-state index contributed by atoms with van der Waals surface area (Å²) in [5, 5.41) is 14.6. The molecule has 11 nitrogen and oxygen atoms in total. The molecule has 1 aliphatic heterocycles. The zero-order valence-corrected chi connectivity index (χ0v) is 32.4. The fraction of sp³-hybridized carbons (Fsp3) is 0.571. The maximum atomic E-state index is 14.6. The van der Waals surface area contributed by atoms with Crippen LogP contribution in [0.5, 0.6) is 0 Å². The fourth-order valence-electron chi connectivity index (χ4n) is 5.33. The second-order valence-electron chi connectivity index (χ2n) is 13.4. The Labute approximate surface area is 316 Å². The number of nitrogens with zero attached hydrogens (tertiary/aromatic N) is 2. The molecule has 290 valence electrons. The number of alkyl halides is 6. The number of amides is 2. The number of aryl methyl sites for hydroxylation is 1. The summed E-state index contributed by atoms with van der Waals surface area (Å²) in [4.78, 5) is 52.6. The van der Waals surface area contributed by atoms with Crippen LogP contribution in [-0.4, -0.2) is 86.1 Å². The van der Waals surface area contributed by atoms with Gasteiger partial charge in [-0.05, 0) is 49.8 Å². The number of aliphatic carboxylic acids is 1. The number of pyridine rings is 1. The van der Waals surface area contributed by atoms with E-state index in [0.29, 0.717) is 18.4 Å². The lowest BCUT2D eigenvalue weighted by molar-refractivity contribution is -0.177. The van der Waals surface area contributed by atoms with Crippen molar-refractivity contribution in [3.63, 3.8) is 0 Å². The summed E-state index contributed by atoms with van der Waals surface area (Å²) in [6.45, 7) is 10.4. The number of carbonyl (C=O) groups is 4. The maximum absolute atomic E-state index is 14.6. The predicted molar refractivity (Wildman–Crippen MR) is 196 cm³/mol. The van der Waals surface area contributed by atoms with E-state index in [9.17, 15) is 27.6 Å². The Kier molecular flexibility index (Phi) is 16.6. The van der Waals surface area contributed by atoms with E-state index < -0.39 is 75.8 Å². The molecule has 2 amide bonds. The van der Waals surface area contributed by atoms with Gasteiger partial charge in [0.25, 0.3) is 11.9 Å². The third kappa shape index (κ3) is 14.3. The summed E-state index contributed by atoms with van der Waals surface area (Å²) >= 11 is 16.9. The first-order valence-corrected chi connectivity index (χ1v) is 17.8. The SMILES string of the molecule is CC(=O)O.CCc1ccc2ccc(/C=C/C(C)(C)C(NC(C(=O)NC(C)C(=O)N3CCCC(C(=O)OCC(Cl)(Cl)Cl)N3)C(C)C)C(F)(F)F)cc2n1. The van der Waals surface area contributed by atoms with Crippen LogP contribution >= 0.6 is 34.8 Å². The minimum Gasteiger partial charge on any atom is -0.481 e. The minimum atomic E-state index is -4.72. The minimum absolute atomic E-state index is 0.225. The lowest BCUT2D eigenvalue weighted by atomic mass is 9.82. The van der Waals surface area contributed by atoms with Gasteiger partial charge in [-0.15, -0.1) is 0 Å². The lowest BCUT2D eigenvalue weighted by Gasteiger charge is -2.38. The zero-order chi connectivity index (χ0) is 39.6. The first kappa shape index (κ1) is 45.0. The van der Waals surface area contributed by atoms with Gasteiger partial charge in [0.05, 0.1) is 11.6 Å². The summed E-state index contributed by atoms with van der Waals surface area (Å²) in [5.74, 6) is -3.49. The van der Waals surface area contributed by atoms with E-state index in [0.717, 1.165) is 29.9 Å². The molecule has 2 aromatic rings.